The van der Waals surface area contributed by atoms with E-state index in [4.69, 9.17) is 4.74 Å². The topological polar surface area (TPSA) is 9.23 Å². The highest BCUT2D eigenvalue weighted by atomic mass is 79.9. The molecule has 2 heteroatoms. The van der Waals surface area contributed by atoms with Gasteiger partial charge in [-0.1, -0.05) is 32.9 Å². The molecular formula is C11H17BrO. The number of ether oxygens (including phenoxy) is 1. The van der Waals surface area contributed by atoms with Crippen LogP contribution in [0.1, 0.15) is 27.2 Å². The second-order valence-corrected chi connectivity index (χ2v) is 5.79. The minimum Gasteiger partial charge on any atom is -0.363 e. The Morgan fingerprint density at radius 1 is 1.46 bits per heavy atom. The average Bonchev–Trinajstić information content (AvgIpc) is 2.03. The zero-order valence-electron chi connectivity index (χ0n) is 8.73. The van der Waals surface area contributed by atoms with Gasteiger partial charge in [0, 0.05) is 13.5 Å². The monoisotopic (exact) mass is 244 g/mol. The fourth-order valence-corrected chi connectivity index (χ4v) is 1.73. The van der Waals surface area contributed by atoms with Crippen LogP contribution in [0.2, 0.25) is 0 Å². The molecule has 1 nitrogen and oxygen atoms in total. The summed E-state index contributed by atoms with van der Waals surface area (Å²) in [6, 6.07) is 0. The van der Waals surface area contributed by atoms with Gasteiger partial charge in [0.25, 0.3) is 0 Å². The van der Waals surface area contributed by atoms with Gasteiger partial charge in [0.15, 0.2) is 0 Å². The summed E-state index contributed by atoms with van der Waals surface area (Å²) in [4.78, 5) is 0. The van der Waals surface area contributed by atoms with Crippen LogP contribution in [0, 0.1) is 5.41 Å². The number of alkyl halides is 1. The molecular weight excluding hydrogens is 228 g/mol. The smallest absolute Gasteiger partial charge is 0.144 e. The Balaban J connectivity index is 2.93. The molecule has 0 aromatic rings. The maximum atomic E-state index is 5.39. The molecule has 0 spiro atoms. The summed E-state index contributed by atoms with van der Waals surface area (Å²) >= 11 is 3.58. The molecule has 0 aliphatic heterocycles. The van der Waals surface area contributed by atoms with Crippen molar-refractivity contribution in [2.45, 2.75) is 31.7 Å². The van der Waals surface area contributed by atoms with Gasteiger partial charge in [0.1, 0.15) is 4.51 Å². The van der Waals surface area contributed by atoms with Crippen LogP contribution >= 0.6 is 15.9 Å². The SMILES string of the molecule is COC1(Br)C=C(C(C)(C)C)C=CC1. The molecule has 0 heterocycles. The summed E-state index contributed by atoms with van der Waals surface area (Å²) in [6.45, 7) is 6.62. The first-order chi connectivity index (χ1) is 5.87. The lowest BCUT2D eigenvalue weighted by molar-refractivity contribution is 0.117. The van der Waals surface area contributed by atoms with E-state index in [-0.39, 0.29) is 9.93 Å². The zero-order chi connectivity index (χ0) is 10.1. The van der Waals surface area contributed by atoms with E-state index >= 15 is 0 Å². The summed E-state index contributed by atoms with van der Waals surface area (Å²) in [5, 5.41) is 0. The van der Waals surface area contributed by atoms with Crippen LogP contribution in [0.15, 0.2) is 23.8 Å². The van der Waals surface area contributed by atoms with Crippen LogP contribution in [0.25, 0.3) is 0 Å². The van der Waals surface area contributed by atoms with Crippen molar-refractivity contribution in [3.8, 4) is 0 Å². The van der Waals surface area contributed by atoms with Crippen molar-refractivity contribution in [2.75, 3.05) is 7.11 Å². The van der Waals surface area contributed by atoms with Crippen molar-refractivity contribution >= 4 is 15.9 Å². The number of halogens is 1. The molecule has 0 fully saturated rings. The van der Waals surface area contributed by atoms with Gasteiger partial charge in [-0.2, -0.15) is 0 Å². The van der Waals surface area contributed by atoms with Crippen LogP contribution in [-0.2, 0) is 4.74 Å². The fourth-order valence-electron chi connectivity index (χ4n) is 1.29. The Labute approximate surface area is 89.0 Å². The van der Waals surface area contributed by atoms with Crippen LogP contribution < -0.4 is 0 Å². The molecule has 13 heavy (non-hydrogen) atoms. The molecule has 0 bridgehead atoms. The molecule has 1 rings (SSSR count). The number of methoxy groups -OCH3 is 1. The summed E-state index contributed by atoms with van der Waals surface area (Å²) in [5.74, 6) is 0. The molecule has 0 amide bonds. The maximum Gasteiger partial charge on any atom is 0.144 e. The lowest BCUT2D eigenvalue weighted by Gasteiger charge is -2.30. The standard InChI is InChI=1S/C11H17BrO/c1-10(2,3)9-6-5-7-11(12,8-9)13-4/h5-6,8H,7H2,1-4H3. The minimum atomic E-state index is -0.287. The van der Waals surface area contributed by atoms with Crippen LogP contribution in [0.4, 0.5) is 0 Å². The first-order valence-electron chi connectivity index (χ1n) is 4.51. The van der Waals surface area contributed by atoms with E-state index in [1.807, 2.05) is 0 Å². The molecule has 74 valence electrons. The molecule has 1 aliphatic carbocycles. The Bertz CT molecular complexity index is 247. The van der Waals surface area contributed by atoms with Gasteiger partial charge in [-0.05, 0) is 33.0 Å². The van der Waals surface area contributed by atoms with E-state index in [9.17, 15) is 0 Å². The highest BCUT2D eigenvalue weighted by molar-refractivity contribution is 9.10. The summed E-state index contributed by atoms with van der Waals surface area (Å²) in [7, 11) is 1.73. The van der Waals surface area contributed by atoms with Gasteiger partial charge in [-0.3, -0.25) is 0 Å². The summed E-state index contributed by atoms with van der Waals surface area (Å²) in [6.07, 6.45) is 7.38. The Hall–Kier alpha value is -0.0800. The quantitative estimate of drug-likeness (QED) is 0.640. The Morgan fingerprint density at radius 2 is 2.08 bits per heavy atom. The van der Waals surface area contributed by atoms with Crippen molar-refractivity contribution in [1.82, 2.24) is 0 Å². The third-order valence-corrected chi connectivity index (χ3v) is 3.15. The van der Waals surface area contributed by atoms with Gasteiger partial charge < -0.3 is 4.74 Å². The van der Waals surface area contributed by atoms with Gasteiger partial charge >= 0.3 is 0 Å². The number of rotatable bonds is 1. The molecule has 1 atom stereocenters. The van der Waals surface area contributed by atoms with E-state index in [2.05, 4.69) is 54.9 Å². The Morgan fingerprint density at radius 3 is 2.54 bits per heavy atom. The lowest BCUT2D eigenvalue weighted by atomic mass is 9.83. The highest BCUT2D eigenvalue weighted by Gasteiger charge is 2.28. The molecule has 0 aromatic carbocycles. The normalized spacial score (nSPS) is 28.8. The number of hydrogen-bond donors (Lipinski definition) is 0. The largest absolute Gasteiger partial charge is 0.363 e. The van der Waals surface area contributed by atoms with E-state index in [0.29, 0.717) is 0 Å². The summed E-state index contributed by atoms with van der Waals surface area (Å²) < 4.78 is 5.11. The second-order valence-electron chi connectivity index (χ2n) is 4.45. The van der Waals surface area contributed by atoms with Gasteiger partial charge in [-0.15, -0.1) is 0 Å². The first kappa shape index (κ1) is 11.0. The third-order valence-electron chi connectivity index (χ3n) is 2.27. The average molecular weight is 245 g/mol. The first-order valence-corrected chi connectivity index (χ1v) is 5.31. The number of hydrogen-bond acceptors (Lipinski definition) is 1. The van der Waals surface area contributed by atoms with Crippen LogP contribution in [0.5, 0.6) is 0 Å². The lowest BCUT2D eigenvalue weighted by Crippen LogP contribution is -2.24. The van der Waals surface area contributed by atoms with Gasteiger partial charge in [0.2, 0.25) is 0 Å². The minimum absolute atomic E-state index is 0.189. The molecule has 0 radical (unpaired) electrons. The van der Waals surface area contributed by atoms with Crippen LogP contribution in [0.3, 0.4) is 0 Å². The molecule has 1 aliphatic rings. The fraction of sp³-hybridized carbons (Fsp3) is 0.636. The molecule has 0 aromatic heterocycles. The third kappa shape index (κ3) is 2.68. The number of allylic oxidation sites excluding steroid dienone is 2. The predicted octanol–water partition coefficient (Wildman–Crippen LogP) is 3.66. The maximum absolute atomic E-state index is 5.39. The van der Waals surface area contributed by atoms with E-state index < -0.39 is 0 Å². The van der Waals surface area contributed by atoms with E-state index in [0.717, 1.165) is 6.42 Å². The summed E-state index contributed by atoms with van der Waals surface area (Å²) in [5.41, 5.74) is 1.51. The van der Waals surface area contributed by atoms with E-state index in [1.165, 1.54) is 5.57 Å². The molecule has 0 saturated heterocycles. The Kier molecular flexibility index (Phi) is 3.03. The van der Waals surface area contributed by atoms with Crippen molar-refractivity contribution < 1.29 is 4.74 Å². The van der Waals surface area contributed by atoms with Crippen molar-refractivity contribution in [3.63, 3.8) is 0 Å². The molecule has 0 N–H and O–H groups in total. The van der Waals surface area contributed by atoms with Crippen molar-refractivity contribution in [2.24, 2.45) is 5.41 Å². The van der Waals surface area contributed by atoms with Crippen molar-refractivity contribution in [3.05, 3.63) is 23.8 Å². The van der Waals surface area contributed by atoms with Crippen molar-refractivity contribution in [1.29, 1.82) is 0 Å². The second kappa shape index (κ2) is 3.58. The highest BCUT2D eigenvalue weighted by Crippen LogP contribution is 2.37. The molecule has 0 saturated carbocycles. The van der Waals surface area contributed by atoms with Crippen LogP contribution in [-0.4, -0.2) is 11.6 Å². The van der Waals surface area contributed by atoms with Gasteiger partial charge in [-0.25, -0.2) is 0 Å². The molecule has 1 unspecified atom stereocenters. The predicted molar refractivity (Wildman–Crippen MR) is 60.0 cm³/mol. The zero-order valence-corrected chi connectivity index (χ0v) is 10.3. The van der Waals surface area contributed by atoms with E-state index in [1.54, 1.807) is 7.11 Å². The van der Waals surface area contributed by atoms with Gasteiger partial charge in [0.05, 0.1) is 0 Å².